The van der Waals surface area contributed by atoms with Crippen molar-refractivity contribution in [2.45, 2.75) is 13.3 Å². The van der Waals surface area contributed by atoms with E-state index in [-0.39, 0.29) is 21.3 Å². The lowest BCUT2D eigenvalue weighted by Crippen LogP contribution is -2.19. The van der Waals surface area contributed by atoms with Gasteiger partial charge < -0.3 is 9.47 Å². The number of rotatable bonds is 3. The van der Waals surface area contributed by atoms with Crippen LogP contribution in [0.3, 0.4) is 0 Å². The Morgan fingerprint density at radius 2 is 2.11 bits per heavy atom. The quantitative estimate of drug-likeness (QED) is 0.592. The summed E-state index contributed by atoms with van der Waals surface area (Å²) in [5, 5.41) is 8.82. The second-order valence-electron chi connectivity index (χ2n) is 3.21. The average molecular weight is 385 g/mol. The molecule has 0 N–H and O–H groups in total. The summed E-state index contributed by atoms with van der Waals surface area (Å²) >= 11 is 1.55. The van der Waals surface area contributed by atoms with Crippen molar-refractivity contribution in [3.05, 3.63) is 26.8 Å². The Hall–Kier alpha value is -1.50. The van der Waals surface area contributed by atoms with Gasteiger partial charge in [-0.05, 0) is 41.6 Å². The third kappa shape index (κ3) is 4.27. The topological polar surface area (TPSA) is 59.3 Å². The van der Waals surface area contributed by atoms with Gasteiger partial charge in [0.2, 0.25) is 0 Å². The van der Waals surface area contributed by atoms with Gasteiger partial charge in [0.1, 0.15) is 6.07 Å². The SMILES string of the molecule is CCOC(=O)c1cc(I)c(OC(F)(F)F)c(C#N)c1. The lowest BCUT2D eigenvalue weighted by atomic mass is 10.1. The second-order valence-corrected chi connectivity index (χ2v) is 4.38. The van der Waals surface area contributed by atoms with E-state index in [1.165, 1.54) is 6.07 Å². The predicted octanol–water partition coefficient (Wildman–Crippen LogP) is 3.24. The lowest BCUT2D eigenvalue weighted by Gasteiger charge is -2.13. The molecule has 0 saturated carbocycles. The van der Waals surface area contributed by atoms with Gasteiger partial charge in [-0.2, -0.15) is 5.26 Å². The minimum atomic E-state index is -4.91. The fourth-order valence-electron chi connectivity index (χ4n) is 1.23. The standard InChI is InChI=1S/C11H7F3INO3/c1-2-18-10(17)6-3-7(5-16)9(8(15)4-6)19-11(12,13)14/h3-4H,2H2,1H3. The third-order valence-corrected chi connectivity index (χ3v) is 2.69. The summed E-state index contributed by atoms with van der Waals surface area (Å²) in [7, 11) is 0. The highest BCUT2D eigenvalue weighted by Crippen LogP contribution is 2.32. The molecule has 0 unspecified atom stereocenters. The Morgan fingerprint density at radius 1 is 1.47 bits per heavy atom. The smallest absolute Gasteiger partial charge is 0.462 e. The zero-order chi connectivity index (χ0) is 14.6. The Labute approximate surface area is 120 Å². The number of hydrogen-bond donors (Lipinski definition) is 0. The van der Waals surface area contributed by atoms with Crippen molar-refractivity contribution in [2.75, 3.05) is 6.61 Å². The van der Waals surface area contributed by atoms with Gasteiger partial charge in [-0.3, -0.25) is 0 Å². The molecule has 8 heteroatoms. The molecule has 0 spiro atoms. The first kappa shape index (κ1) is 15.6. The van der Waals surface area contributed by atoms with Crippen LogP contribution in [0.5, 0.6) is 5.75 Å². The first-order valence-corrected chi connectivity index (χ1v) is 6.03. The summed E-state index contributed by atoms with van der Waals surface area (Å²) in [5.41, 5.74) is -0.385. The van der Waals surface area contributed by atoms with E-state index < -0.39 is 18.1 Å². The van der Waals surface area contributed by atoms with Gasteiger partial charge in [-0.25, -0.2) is 4.79 Å². The summed E-state index contributed by atoms with van der Waals surface area (Å²) in [6.45, 7) is 1.72. The Morgan fingerprint density at radius 3 is 2.58 bits per heavy atom. The molecule has 19 heavy (non-hydrogen) atoms. The first-order chi connectivity index (χ1) is 8.78. The van der Waals surface area contributed by atoms with Crippen LogP contribution in [0.25, 0.3) is 0 Å². The molecule has 4 nitrogen and oxygen atoms in total. The average Bonchev–Trinajstić information content (AvgIpc) is 2.30. The van der Waals surface area contributed by atoms with Gasteiger partial charge in [-0.15, -0.1) is 13.2 Å². The highest BCUT2D eigenvalue weighted by Gasteiger charge is 2.33. The van der Waals surface area contributed by atoms with Crippen LogP contribution in [-0.2, 0) is 4.74 Å². The molecule has 102 valence electrons. The van der Waals surface area contributed by atoms with Crippen LogP contribution >= 0.6 is 22.6 Å². The maximum absolute atomic E-state index is 12.2. The zero-order valence-corrected chi connectivity index (χ0v) is 11.7. The normalized spacial score (nSPS) is 10.7. The second kappa shape index (κ2) is 6.10. The fraction of sp³-hybridized carbons (Fsp3) is 0.273. The maximum Gasteiger partial charge on any atom is 0.573 e. The molecule has 0 atom stereocenters. The molecule has 0 aromatic heterocycles. The minimum absolute atomic E-state index is 0.00248. The molecule has 0 fully saturated rings. The van der Waals surface area contributed by atoms with Crippen molar-refractivity contribution in [3.8, 4) is 11.8 Å². The third-order valence-electron chi connectivity index (χ3n) is 1.89. The van der Waals surface area contributed by atoms with Crippen LogP contribution in [0.4, 0.5) is 13.2 Å². The molecule has 0 amide bonds. The van der Waals surface area contributed by atoms with Crippen LogP contribution in [0.2, 0.25) is 0 Å². The van der Waals surface area contributed by atoms with Gasteiger partial charge >= 0.3 is 12.3 Å². The molecule has 0 saturated heterocycles. The number of carbonyl (C=O) groups excluding carboxylic acids is 1. The van der Waals surface area contributed by atoms with Crippen LogP contribution in [0, 0.1) is 14.9 Å². The van der Waals surface area contributed by atoms with E-state index in [4.69, 9.17) is 10.00 Å². The molecule has 0 heterocycles. The van der Waals surface area contributed by atoms with Crippen LogP contribution in [0.15, 0.2) is 12.1 Å². The molecule has 1 aromatic rings. The Balaban J connectivity index is 3.23. The molecule has 0 aliphatic carbocycles. The highest BCUT2D eigenvalue weighted by atomic mass is 127. The molecule has 1 rings (SSSR count). The maximum atomic E-state index is 12.2. The van der Waals surface area contributed by atoms with Crippen LogP contribution < -0.4 is 4.74 Å². The van der Waals surface area contributed by atoms with E-state index in [1.54, 1.807) is 35.6 Å². The Kier molecular flexibility index (Phi) is 4.99. The lowest BCUT2D eigenvalue weighted by molar-refractivity contribution is -0.275. The number of alkyl halides is 3. The van der Waals surface area contributed by atoms with Crippen molar-refractivity contribution in [1.29, 1.82) is 5.26 Å². The molecule has 1 aromatic carbocycles. The number of nitriles is 1. The Bertz CT molecular complexity index is 537. The zero-order valence-electron chi connectivity index (χ0n) is 9.55. The minimum Gasteiger partial charge on any atom is -0.462 e. The van der Waals surface area contributed by atoms with E-state index in [2.05, 4.69) is 4.74 Å². The van der Waals surface area contributed by atoms with E-state index >= 15 is 0 Å². The number of hydrogen-bond acceptors (Lipinski definition) is 4. The van der Waals surface area contributed by atoms with E-state index in [9.17, 15) is 18.0 Å². The molecule has 0 bridgehead atoms. The summed E-state index contributed by atoms with van der Waals surface area (Å²) in [6, 6.07) is 3.73. The first-order valence-electron chi connectivity index (χ1n) is 4.95. The van der Waals surface area contributed by atoms with Crippen molar-refractivity contribution in [3.63, 3.8) is 0 Å². The molecule has 0 aliphatic rings. The van der Waals surface area contributed by atoms with Gasteiger partial charge in [-0.1, -0.05) is 0 Å². The monoisotopic (exact) mass is 385 g/mol. The predicted molar refractivity (Wildman–Crippen MR) is 66.5 cm³/mol. The van der Waals surface area contributed by atoms with E-state index in [1.807, 2.05) is 0 Å². The van der Waals surface area contributed by atoms with Crippen molar-refractivity contribution >= 4 is 28.6 Å². The highest BCUT2D eigenvalue weighted by molar-refractivity contribution is 14.1. The van der Waals surface area contributed by atoms with Gasteiger partial charge in [0, 0.05) is 0 Å². The van der Waals surface area contributed by atoms with Crippen molar-refractivity contribution in [1.82, 2.24) is 0 Å². The van der Waals surface area contributed by atoms with E-state index in [0.29, 0.717) is 0 Å². The molecule has 0 radical (unpaired) electrons. The fourth-order valence-corrected chi connectivity index (χ4v) is 1.96. The molecule has 0 aliphatic heterocycles. The molecular formula is C11H7F3INO3. The number of halogens is 4. The van der Waals surface area contributed by atoms with Gasteiger partial charge in [0.15, 0.2) is 5.75 Å². The van der Waals surface area contributed by atoms with Crippen molar-refractivity contribution in [2.24, 2.45) is 0 Å². The summed E-state index contributed by atoms with van der Waals surface area (Å²) in [6.07, 6.45) is -4.91. The number of carbonyl (C=O) groups is 1. The summed E-state index contributed by atoms with van der Waals surface area (Å²) in [4.78, 5) is 11.5. The molecular weight excluding hydrogens is 378 g/mol. The van der Waals surface area contributed by atoms with Gasteiger partial charge in [0.25, 0.3) is 0 Å². The number of benzene rings is 1. The van der Waals surface area contributed by atoms with Crippen LogP contribution in [-0.4, -0.2) is 18.9 Å². The largest absolute Gasteiger partial charge is 0.573 e. The van der Waals surface area contributed by atoms with Crippen LogP contribution in [0.1, 0.15) is 22.8 Å². The number of esters is 1. The van der Waals surface area contributed by atoms with Gasteiger partial charge in [0.05, 0.1) is 21.3 Å². The van der Waals surface area contributed by atoms with E-state index in [0.717, 1.165) is 6.07 Å². The number of nitrogens with zero attached hydrogens (tertiary/aromatic N) is 1. The summed E-state index contributed by atoms with van der Waals surface area (Å²) in [5.74, 6) is -1.33. The number of ether oxygens (including phenoxy) is 2. The summed E-state index contributed by atoms with van der Waals surface area (Å²) < 4.78 is 45.0. The van der Waals surface area contributed by atoms with Crippen molar-refractivity contribution < 1.29 is 27.4 Å².